The Kier molecular flexibility index (Phi) is 7.17. The highest BCUT2D eigenvalue weighted by Crippen LogP contribution is 2.42. The van der Waals surface area contributed by atoms with Crippen LogP contribution in [-0.4, -0.2) is 54.8 Å². The van der Waals surface area contributed by atoms with Gasteiger partial charge in [0.05, 0.1) is 5.56 Å². The molecule has 194 valence electrons. The zero-order valence-corrected chi connectivity index (χ0v) is 20.2. The van der Waals surface area contributed by atoms with Gasteiger partial charge in [-0.3, -0.25) is 4.79 Å². The highest BCUT2D eigenvalue weighted by Gasteiger charge is 2.32. The molecule has 1 atom stereocenters. The smallest absolute Gasteiger partial charge is 0.416 e. The summed E-state index contributed by atoms with van der Waals surface area (Å²) in [5.41, 5.74) is 2.19. The Bertz CT molecular complexity index is 1270. The van der Waals surface area contributed by atoms with Crippen molar-refractivity contribution in [2.75, 3.05) is 37.7 Å². The van der Waals surface area contributed by atoms with E-state index in [9.17, 15) is 23.1 Å². The largest absolute Gasteiger partial charge is 0.490 e. The van der Waals surface area contributed by atoms with E-state index >= 15 is 0 Å². The summed E-state index contributed by atoms with van der Waals surface area (Å²) >= 11 is 0. The van der Waals surface area contributed by atoms with Gasteiger partial charge in [0.2, 0.25) is 0 Å². The number of anilines is 1. The lowest BCUT2D eigenvalue weighted by Crippen LogP contribution is -2.40. The van der Waals surface area contributed by atoms with Crippen molar-refractivity contribution in [3.8, 4) is 16.9 Å². The van der Waals surface area contributed by atoms with Crippen LogP contribution in [0.5, 0.6) is 5.75 Å². The summed E-state index contributed by atoms with van der Waals surface area (Å²) in [7, 11) is 0. The van der Waals surface area contributed by atoms with Crippen LogP contribution in [0.15, 0.2) is 60.8 Å². The molecule has 3 aromatic rings. The van der Waals surface area contributed by atoms with E-state index in [2.05, 4.69) is 10.3 Å². The second-order valence-electron chi connectivity index (χ2n) is 9.51. The number of benzene rings is 2. The molecule has 2 N–H and O–H groups in total. The first-order valence-corrected chi connectivity index (χ1v) is 12.4. The number of hydrogen-bond acceptors (Lipinski definition) is 6. The fourth-order valence-corrected chi connectivity index (χ4v) is 5.00. The normalized spacial score (nSPS) is 16.4. The summed E-state index contributed by atoms with van der Waals surface area (Å²) in [6, 6.07) is 14.9. The average molecular weight is 512 g/mol. The number of hydrogen-bond donors (Lipinski definition) is 2. The molecule has 0 saturated carbocycles. The Morgan fingerprint density at radius 1 is 1.05 bits per heavy atom. The first kappa shape index (κ1) is 25.2. The molecule has 2 heterocycles. The molecule has 1 aromatic heterocycles. The van der Waals surface area contributed by atoms with Crippen LogP contribution in [0.2, 0.25) is 0 Å². The van der Waals surface area contributed by atoms with Crippen molar-refractivity contribution in [2.45, 2.75) is 25.1 Å². The first-order chi connectivity index (χ1) is 17.8. The molecule has 1 saturated heterocycles. The maximum absolute atomic E-state index is 13.0. The second kappa shape index (κ2) is 10.5. The van der Waals surface area contributed by atoms with Gasteiger partial charge < -0.3 is 20.1 Å². The van der Waals surface area contributed by atoms with E-state index in [1.165, 1.54) is 6.20 Å². The molecule has 37 heavy (non-hydrogen) atoms. The van der Waals surface area contributed by atoms with Gasteiger partial charge in [-0.05, 0) is 49.1 Å². The summed E-state index contributed by atoms with van der Waals surface area (Å²) in [5, 5.41) is 13.7. The lowest BCUT2D eigenvalue weighted by atomic mass is 9.96. The maximum atomic E-state index is 13.0. The van der Waals surface area contributed by atoms with Crippen molar-refractivity contribution >= 4 is 11.6 Å². The van der Waals surface area contributed by atoms with Gasteiger partial charge >= 0.3 is 6.18 Å². The Morgan fingerprint density at radius 2 is 1.78 bits per heavy atom. The number of ether oxygens (including phenoxy) is 1. The minimum atomic E-state index is -4.38. The van der Waals surface area contributed by atoms with Crippen molar-refractivity contribution in [1.29, 1.82) is 0 Å². The van der Waals surface area contributed by atoms with Crippen molar-refractivity contribution in [1.82, 2.24) is 10.3 Å². The van der Waals surface area contributed by atoms with Crippen LogP contribution >= 0.6 is 0 Å². The predicted octanol–water partition coefficient (Wildman–Crippen LogP) is 4.56. The number of aliphatic hydroxyl groups is 1. The molecule has 5 rings (SSSR count). The molecule has 1 unspecified atom stereocenters. The number of nitrogens with one attached hydrogen (secondary N) is 1. The third-order valence-corrected chi connectivity index (χ3v) is 6.97. The predicted molar refractivity (Wildman–Crippen MR) is 134 cm³/mol. The lowest BCUT2D eigenvalue weighted by molar-refractivity contribution is -0.137. The number of halogens is 3. The van der Waals surface area contributed by atoms with Crippen molar-refractivity contribution in [3.05, 3.63) is 77.5 Å². The van der Waals surface area contributed by atoms with E-state index in [1.807, 2.05) is 23.1 Å². The number of carbonyl (C=O) groups is 1. The van der Waals surface area contributed by atoms with Crippen LogP contribution in [0.25, 0.3) is 11.1 Å². The molecular weight excluding hydrogens is 483 g/mol. The number of carbonyl (C=O) groups excluding carboxylic acids is 1. The maximum Gasteiger partial charge on any atom is 0.416 e. The Balaban J connectivity index is 1.08. The van der Waals surface area contributed by atoms with Gasteiger partial charge in [-0.1, -0.05) is 36.4 Å². The minimum Gasteiger partial charge on any atom is -0.490 e. The molecule has 9 heteroatoms. The van der Waals surface area contributed by atoms with Gasteiger partial charge in [-0.15, -0.1) is 0 Å². The van der Waals surface area contributed by atoms with Crippen LogP contribution in [0, 0.1) is 5.92 Å². The van der Waals surface area contributed by atoms with E-state index < -0.39 is 17.8 Å². The molecule has 0 spiro atoms. The SMILES string of the molecule is O=C1c2ccccc2-c2c(OCC(O)CNCC3CCN(c4cc(C(F)(F)F)ccn4)CC3)cccc21. The van der Waals surface area contributed by atoms with E-state index in [0.29, 0.717) is 54.8 Å². The summed E-state index contributed by atoms with van der Waals surface area (Å²) in [4.78, 5) is 18.7. The van der Waals surface area contributed by atoms with Gasteiger partial charge in [-0.2, -0.15) is 13.2 Å². The third kappa shape index (κ3) is 5.47. The summed E-state index contributed by atoms with van der Waals surface area (Å²) in [5.74, 6) is 1.26. The number of rotatable bonds is 8. The van der Waals surface area contributed by atoms with Crippen molar-refractivity contribution in [3.63, 3.8) is 0 Å². The molecule has 2 aromatic carbocycles. The number of aliphatic hydroxyl groups excluding tert-OH is 1. The van der Waals surface area contributed by atoms with Crippen LogP contribution in [0.3, 0.4) is 0 Å². The van der Waals surface area contributed by atoms with Gasteiger partial charge in [0, 0.05) is 42.5 Å². The number of ketones is 1. The number of alkyl halides is 3. The fraction of sp³-hybridized carbons (Fsp3) is 0.357. The van der Waals surface area contributed by atoms with E-state index in [1.54, 1.807) is 24.3 Å². The highest BCUT2D eigenvalue weighted by molar-refractivity contribution is 6.22. The average Bonchev–Trinajstić information content (AvgIpc) is 3.20. The van der Waals surface area contributed by atoms with E-state index in [0.717, 1.165) is 36.1 Å². The lowest BCUT2D eigenvalue weighted by Gasteiger charge is -2.33. The zero-order chi connectivity index (χ0) is 26.0. The molecule has 0 amide bonds. The van der Waals surface area contributed by atoms with E-state index in [-0.39, 0.29) is 12.4 Å². The number of aromatic nitrogens is 1. The molecule has 1 aliphatic heterocycles. The number of nitrogens with zero attached hydrogens (tertiary/aromatic N) is 2. The Hall–Kier alpha value is -3.43. The van der Waals surface area contributed by atoms with E-state index in [4.69, 9.17) is 4.74 Å². The van der Waals surface area contributed by atoms with Crippen LogP contribution in [0.1, 0.15) is 34.3 Å². The Labute approximate surface area is 213 Å². The molecule has 6 nitrogen and oxygen atoms in total. The number of piperidine rings is 1. The van der Waals surface area contributed by atoms with Crippen LogP contribution in [0.4, 0.5) is 19.0 Å². The molecule has 1 aliphatic carbocycles. The van der Waals surface area contributed by atoms with Gasteiger partial charge in [0.1, 0.15) is 24.3 Å². The number of fused-ring (bicyclic) bond motifs is 3. The molecule has 0 radical (unpaired) electrons. The quantitative estimate of drug-likeness (QED) is 0.361. The van der Waals surface area contributed by atoms with Gasteiger partial charge in [-0.25, -0.2) is 4.98 Å². The topological polar surface area (TPSA) is 74.7 Å². The summed E-state index contributed by atoms with van der Waals surface area (Å²) in [6.07, 6.45) is -2.28. The summed E-state index contributed by atoms with van der Waals surface area (Å²) in [6.45, 7) is 2.39. The summed E-state index contributed by atoms with van der Waals surface area (Å²) < 4.78 is 44.9. The minimum absolute atomic E-state index is 0.0202. The third-order valence-electron chi connectivity index (χ3n) is 6.97. The molecular formula is C28H28F3N3O3. The standard InChI is InChI=1S/C28H28F3N3O3/c29-28(30,31)19-8-11-33-25(14-19)34-12-9-18(10-13-34)15-32-16-20(35)17-37-24-7-3-6-23-26(24)21-4-1-2-5-22(21)27(23)36/h1-8,11,14,18,20,32,35H,9-10,12-13,15-17H2. The second-order valence-corrected chi connectivity index (χ2v) is 9.51. The fourth-order valence-electron chi connectivity index (χ4n) is 5.00. The molecule has 0 bridgehead atoms. The van der Waals surface area contributed by atoms with Crippen LogP contribution < -0.4 is 15.0 Å². The van der Waals surface area contributed by atoms with Gasteiger partial charge in [0.25, 0.3) is 0 Å². The number of pyridine rings is 1. The molecule has 1 fully saturated rings. The monoisotopic (exact) mass is 511 g/mol. The first-order valence-electron chi connectivity index (χ1n) is 12.4. The van der Waals surface area contributed by atoms with Crippen molar-refractivity contribution < 1.29 is 27.8 Å². The van der Waals surface area contributed by atoms with Crippen molar-refractivity contribution in [2.24, 2.45) is 5.92 Å². The van der Waals surface area contributed by atoms with Gasteiger partial charge in [0.15, 0.2) is 5.78 Å². The van der Waals surface area contributed by atoms with Crippen LogP contribution in [-0.2, 0) is 6.18 Å². The highest BCUT2D eigenvalue weighted by atomic mass is 19.4. The Morgan fingerprint density at radius 3 is 2.54 bits per heavy atom. The zero-order valence-electron chi connectivity index (χ0n) is 20.2. The molecule has 2 aliphatic rings.